The molecule has 388 valence electrons. The normalized spacial score (nSPS) is 35.2. The third-order valence-electron chi connectivity index (χ3n) is 17.4. The van der Waals surface area contributed by atoms with Gasteiger partial charge in [0.25, 0.3) is 0 Å². The van der Waals surface area contributed by atoms with E-state index in [-0.39, 0.29) is 50.3 Å². The van der Waals surface area contributed by atoms with Gasteiger partial charge in [-0.2, -0.15) is 0 Å². The number of esters is 3. The number of nitrogens with one attached hydrogen (secondary N) is 1. The number of cyclic esters (lactones) is 1. The lowest BCUT2D eigenvalue weighted by Crippen LogP contribution is -2.79. The Hall–Kier alpha value is -5.37. The number of aromatic nitrogens is 1. The zero-order valence-corrected chi connectivity index (χ0v) is 42.3. The molecule has 9 rings (SSSR count). The molecule has 0 spiro atoms. The van der Waals surface area contributed by atoms with E-state index in [1.54, 1.807) is 41.5 Å². The molecule has 1 aromatic carbocycles. The van der Waals surface area contributed by atoms with Crippen LogP contribution in [0.1, 0.15) is 130 Å². The molecule has 2 saturated carbocycles. The van der Waals surface area contributed by atoms with E-state index in [9.17, 15) is 44.7 Å². The van der Waals surface area contributed by atoms with Gasteiger partial charge in [0.15, 0.2) is 11.9 Å². The monoisotopic (exact) mass is 996 g/mol. The molecule has 6 N–H and O–H groups in total. The maximum atomic E-state index is 15.1. The zero-order valence-electron chi connectivity index (χ0n) is 42.3. The van der Waals surface area contributed by atoms with E-state index in [0.29, 0.717) is 43.5 Å². The number of benzene rings is 1. The number of para-hydroxylation sites is 1. The highest BCUT2D eigenvalue weighted by atomic mass is 16.7. The Labute approximate surface area is 418 Å². The van der Waals surface area contributed by atoms with Gasteiger partial charge in [0, 0.05) is 91.5 Å². The Kier molecular flexibility index (Phi) is 13.3. The van der Waals surface area contributed by atoms with Gasteiger partial charge in [0.2, 0.25) is 11.7 Å². The average Bonchev–Trinajstić information content (AvgIpc) is 3.67. The van der Waals surface area contributed by atoms with Crippen molar-refractivity contribution in [3.8, 4) is 0 Å². The van der Waals surface area contributed by atoms with Gasteiger partial charge < -0.3 is 54.7 Å². The number of unbranched alkanes of at least 4 members (excludes halogenated alkanes) is 2. The number of nitrogens with zero attached hydrogens (tertiary/aromatic N) is 3. The van der Waals surface area contributed by atoms with E-state index in [1.165, 1.54) is 13.8 Å². The van der Waals surface area contributed by atoms with Crippen molar-refractivity contribution in [2.24, 2.45) is 27.7 Å². The Morgan fingerprint density at radius 1 is 1.08 bits per heavy atom. The minimum atomic E-state index is -1.87. The van der Waals surface area contributed by atoms with Crippen LogP contribution < -0.4 is 5.32 Å². The fourth-order valence-electron chi connectivity index (χ4n) is 13.4. The molecule has 18 nitrogen and oxygen atoms in total. The Balaban J connectivity index is 0.883. The molecule has 1 amide bonds. The highest BCUT2D eigenvalue weighted by Gasteiger charge is 2.75. The smallest absolute Gasteiger partial charge is 0.337 e. The molecule has 2 saturated heterocycles. The lowest BCUT2D eigenvalue weighted by Gasteiger charge is -2.67. The van der Waals surface area contributed by atoms with Crippen LogP contribution in [-0.2, 0) is 49.5 Å². The first-order valence-corrected chi connectivity index (χ1v) is 25.3. The number of hydrogen-bond donors (Lipinski definition) is 6. The molecule has 3 unspecified atom stereocenters. The minimum absolute atomic E-state index is 0.0184. The van der Waals surface area contributed by atoms with Gasteiger partial charge in [0.1, 0.15) is 23.9 Å². The van der Waals surface area contributed by atoms with Gasteiger partial charge in [-0.15, -0.1) is 0 Å². The summed E-state index contributed by atoms with van der Waals surface area (Å²) in [6.07, 6.45) is 0.807. The fourth-order valence-corrected chi connectivity index (χ4v) is 13.4. The molecule has 4 aliphatic heterocycles. The van der Waals surface area contributed by atoms with Crippen molar-refractivity contribution in [1.29, 1.82) is 0 Å². The summed E-state index contributed by atoms with van der Waals surface area (Å²) in [6.45, 7) is 13.6. The van der Waals surface area contributed by atoms with E-state index in [1.807, 2.05) is 42.8 Å². The number of Topliss-reactive ketones (excluding diaryl/α,β-unsaturated/α-hetero) is 1. The van der Waals surface area contributed by atoms with Gasteiger partial charge >= 0.3 is 17.9 Å². The van der Waals surface area contributed by atoms with E-state index in [4.69, 9.17) is 28.9 Å². The summed E-state index contributed by atoms with van der Waals surface area (Å²) >= 11 is 0. The highest BCUT2D eigenvalue weighted by molar-refractivity contribution is 6.00. The third-order valence-corrected chi connectivity index (χ3v) is 17.4. The summed E-state index contributed by atoms with van der Waals surface area (Å²) < 4.78 is 23.3. The van der Waals surface area contributed by atoms with Crippen LogP contribution in [0.15, 0.2) is 63.8 Å². The summed E-state index contributed by atoms with van der Waals surface area (Å²) in [6, 6.07) is 6.59. The summed E-state index contributed by atoms with van der Waals surface area (Å²) in [5.41, 5.74) is -1.13. The third kappa shape index (κ3) is 8.11. The van der Waals surface area contributed by atoms with Gasteiger partial charge in [-0.3, -0.25) is 24.2 Å². The van der Waals surface area contributed by atoms with Crippen molar-refractivity contribution in [1.82, 2.24) is 15.2 Å². The van der Waals surface area contributed by atoms with Crippen LogP contribution in [-0.4, -0.2) is 138 Å². The van der Waals surface area contributed by atoms with Crippen LogP contribution in [0.2, 0.25) is 0 Å². The van der Waals surface area contributed by atoms with Crippen molar-refractivity contribution in [3.05, 3.63) is 75.7 Å². The van der Waals surface area contributed by atoms with Crippen LogP contribution in [0.4, 0.5) is 0 Å². The first-order chi connectivity index (χ1) is 33.9. The number of fused-ring (bicyclic) bond motifs is 10. The number of ether oxygens (including phenoxy) is 4. The summed E-state index contributed by atoms with van der Waals surface area (Å²) in [5, 5.41) is 63.1. The number of pyridine rings is 1. The topological polar surface area (TPSA) is 264 Å². The Morgan fingerprint density at radius 3 is 2.51 bits per heavy atom. The number of aliphatic hydroxyl groups is 5. The summed E-state index contributed by atoms with van der Waals surface area (Å²) in [5.74, 6) is -7.02. The number of amides is 1. The second kappa shape index (κ2) is 18.5. The molecular formula is C54H68N4O14. The van der Waals surface area contributed by atoms with E-state index < -0.39 is 106 Å². The van der Waals surface area contributed by atoms with Crippen LogP contribution in [0.25, 0.3) is 10.9 Å². The average molecular weight is 997 g/mol. The standard InChI is InChI=1S/C54H68N4O14/c1-9-54(68)35-20-37-44-34(25-58(37)24-31(35)19-42(61)72-54)33(32-15-12-13-16-36(32)57-44)23-55-18-14-10-11-17-41(60)71-39-21-40-52(66,26-69-40)47-28(3)53(67)22-38(70-49(65)45(62)29(4)56-30(5)59)27(2)43(50(53,6)7)46(63)48(64)51(39,47)8/h12-13,15-16,20,23-24,28-29,37-40,45-47,62-63,66-68H,9-11,14,17-19,21-22,25-26H2,1-8H3,(H,56,59)/t28?,29-,37?,38-,39-,40+,45+,46+,47?,51+,52-,53+,54+/m0/s1. The molecule has 7 aliphatic rings. The second-order valence-electron chi connectivity index (χ2n) is 21.9. The maximum Gasteiger partial charge on any atom is 0.337 e. The lowest BCUT2D eigenvalue weighted by atomic mass is 9.42. The Morgan fingerprint density at radius 2 is 1.82 bits per heavy atom. The van der Waals surface area contributed by atoms with Crippen LogP contribution >= 0.6 is 0 Å². The molecule has 72 heavy (non-hydrogen) atoms. The van der Waals surface area contributed by atoms with Crippen LogP contribution in [0, 0.1) is 22.7 Å². The number of rotatable bonds is 13. The number of aliphatic hydroxyl groups excluding tert-OH is 2. The molecule has 2 bridgehead atoms. The number of carbonyl (C=O) groups is 5. The Bertz CT molecular complexity index is 2730. The largest absolute Gasteiger partial charge is 0.461 e. The van der Waals surface area contributed by atoms with Gasteiger partial charge in [0.05, 0.1) is 53.4 Å². The number of hydrogen-bond acceptors (Lipinski definition) is 17. The molecular weight excluding hydrogens is 929 g/mol. The minimum Gasteiger partial charge on any atom is -0.461 e. The molecule has 18 heteroatoms. The van der Waals surface area contributed by atoms with Gasteiger partial charge in [-0.25, -0.2) is 9.78 Å². The summed E-state index contributed by atoms with van der Waals surface area (Å²) in [7, 11) is 0. The van der Waals surface area contributed by atoms with Gasteiger partial charge in [-0.1, -0.05) is 52.3 Å². The zero-order chi connectivity index (χ0) is 52.0. The molecule has 1 aromatic heterocycles. The number of ketones is 1. The molecule has 3 aliphatic carbocycles. The van der Waals surface area contributed by atoms with Crippen LogP contribution in [0.5, 0.6) is 0 Å². The van der Waals surface area contributed by atoms with Crippen molar-refractivity contribution in [2.75, 3.05) is 13.2 Å². The molecule has 13 atom stereocenters. The molecule has 5 heterocycles. The van der Waals surface area contributed by atoms with Crippen molar-refractivity contribution < 1.29 is 68.5 Å². The fraction of sp³-hybridized carbons (Fsp3) is 0.611. The van der Waals surface area contributed by atoms with Gasteiger partial charge in [-0.05, 0) is 68.4 Å². The lowest BCUT2D eigenvalue weighted by molar-refractivity contribution is -0.336. The van der Waals surface area contributed by atoms with Crippen molar-refractivity contribution in [2.45, 2.75) is 173 Å². The quantitative estimate of drug-likeness (QED) is 0.0547. The number of carbonyl (C=O) groups excluding carboxylic acids is 5. The maximum absolute atomic E-state index is 15.1. The number of aliphatic imine (C=N–C) groups is 1. The molecule has 0 radical (unpaired) electrons. The van der Waals surface area contributed by atoms with Crippen molar-refractivity contribution in [3.63, 3.8) is 0 Å². The van der Waals surface area contributed by atoms with Crippen molar-refractivity contribution >= 4 is 46.7 Å². The van der Waals surface area contributed by atoms with E-state index in [2.05, 4.69) is 10.2 Å². The predicted octanol–water partition coefficient (Wildman–Crippen LogP) is 3.86. The van der Waals surface area contributed by atoms with E-state index in [0.717, 1.165) is 33.3 Å². The van der Waals surface area contributed by atoms with Crippen LogP contribution in [0.3, 0.4) is 0 Å². The summed E-state index contributed by atoms with van der Waals surface area (Å²) in [4.78, 5) is 78.3. The van der Waals surface area contributed by atoms with E-state index >= 15 is 4.79 Å². The predicted molar refractivity (Wildman–Crippen MR) is 259 cm³/mol. The first kappa shape index (κ1) is 51.5. The SMILES string of the molecule is CC[C@@]1(O)OC(=O)CC2=CN3Cc4c(nc5ccccc5c4C=NCCCCCC(=O)O[C@H]4C[C@H]5OC[C@@]5(O)C5C(C)[C@]6(O)C[C@H](OC(=O)[C@H](O)[C@H](C)NC(C)=O)C(C)=C([C@@H](O)C(=O)[C@@]54C)C6(C)C)C3C=C21. The highest BCUT2D eigenvalue weighted by Crippen LogP contribution is 2.65. The molecule has 4 fully saturated rings. The molecule has 2 aromatic rings. The second-order valence-corrected chi connectivity index (χ2v) is 21.9. The first-order valence-electron chi connectivity index (χ1n) is 25.3.